The van der Waals surface area contributed by atoms with Gasteiger partial charge in [0.15, 0.2) is 0 Å². The van der Waals surface area contributed by atoms with Gasteiger partial charge in [-0.2, -0.15) is 0 Å². The maximum atomic E-state index is 5.46. The molecule has 0 fully saturated rings. The highest BCUT2D eigenvalue weighted by atomic mass is 14.9. The Kier molecular flexibility index (Phi) is 6.76. The van der Waals surface area contributed by atoms with Gasteiger partial charge in [-0.25, -0.2) is 9.98 Å². The molecule has 0 N–H and O–H groups in total. The molecule has 4 heteroatoms. The van der Waals surface area contributed by atoms with Crippen LogP contribution in [0.2, 0.25) is 0 Å². The summed E-state index contributed by atoms with van der Waals surface area (Å²) in [5.74, 6) is 0. The Morgan fingerprint density at radius 1 is 0.312 bits per heavy atom. The Labute approximate surface area is 278 Å². The predicted molar refractivity (Wildman–Crippen MR) is 198 cm³/mol. The van der Waals surface area contributed by atoms with E-state index >= 15 is 0 Å². The highest BCUT2D eigenvalue weighted by molar-refractivity contribution is 6.23. The van der Waals surface area contributed by atoms with Gasteiger partial charge in [0, 0.05) is 34.6 Å². The lowest BCUT2D eigenvalue weighted by Crippen LogP contribution is -2.12. The van der Waals surface area contributed by atoms with Gasteiger partial charge in [0.05, 0.1) is 34.2 Å². The molecular formula is C44H28N4. The summed E-state index contributed by atoms with van der Waals surface area (Å²) in [5, 5.41) is 4.45. The van der Waals surface area contributed by atoms with Gasteiger partial charge in [0.1, 0.15) is 0 Å². The third kappa shape index (κ3) is 5.06. The number of aliphatic imine (C=N–C) groups is 2. The monoisotopic (exact) mass is 612 g/mol. The van der Waals surface area contributed by atoms with Gasteiger partial charge in [-0.05, 0) is 69.1 Å². The van der Waals surface area contributed by atoms with Gasteiger partial charge in [0.25, 0.3) is 0 Å². The molecule has 0 radical (unpaired) electrons. The Morgan fingerprint density at radius 2 is 0.688 bits per heavy atom. The smallest absolute Gasteiger partial charge is 0.0987 e. The average molecular weight is 613 g/mol. The lowest BCUT2D eigenvalue weighted by molar-refractivity contribution is 1.26. The minimum Gasteiger partial charge on any atom is -0.254 e. The first-order chi connectivity index (χ1) is 23.8. The van der Waals surface area contributed by atoms with Gasteiger partial charge in [0.2, 0.25) is 0 Å². The van der Waals surface area contributed by atoms with Crippen LogP contribution in [0.3, 0.4) is 0 Å². The number of benzene rings is 6. The van der Waals surface area contributed by atoms with Crippen molar-refractivity contribution >= 4 is 44.3 Å². The van der Waals surface area contributed by atoms with Crippen molar-refractivity contribution in [3.8, 4) is 22.3 Å². The van der Waals surface area contributed by atoms with E-state index in [0.29, 0.717) is 0 Å². The maximum Gasteiger partial charge on any atom is 0.0987 e. The molecular weight excluding hydrogens is 585 g/mol. The van der Waals surface area contributed by atoms with Crippen molar-refractivity contribution in [2.75, 3.05) is 0 Å². The number of rotatable bonds is 4. The summed E-state index contributed by atoms with van der Waals surface area (Å²) in [7, 11) is 0. The van der Waals surface area contributed by atoms with Crippen LogP contribution < -0.4 is 0 Å². The molecule has 0 saturated carbocycles. The zero-order chi connectivity index (χ0) is 31.9. The SMILES string of the molecule is c1ccc(-c2ccc(C3=Nc4cc5ccccc5cc4C(c4ccc(-c5ccccc5)cn4)=Nc4cc5ccccc5cc43)nc2)cc1. The van der Waals surface area contributed by atoms with Crippen LogP contribution in [0.25, 0.3) is 43.8 Å². The minimum atomic E-state index is 0.780. The van der Waals surface area contributed by atoms with Crippen molar-refractivity contribution < 1.29 is 0 Å². The molecule has 1 aliphatic rings. The third-order valence-corrected chi connectivity index (χ3v) is 8.93. The van der Waals surface area contributed by atoms with Crippen LogP contribution in [0.5, 0.6) is 0 Å². The van der Waals surface area contributed by atoms with Crippen LogP contribution >= 0.6 is 0 Å². The van der Waals surface area contributed by atoms with E-state index < -0.39 is 0 Å². The second-order valence-electron chi connectivity index (χ2n) is 12.0. The fourth-order valence-electron chi connectivity index (χ4n) is 6.44. The van der Waals surface area contributed by atoms with Crippen LogP contribution in [-0.2, 0) is 0 Å². The number of fused-ring (bicyclic) bond motifs is 4. The van der Waals surface area contributed by atoms with Crippen LogP contribution in [-0.4, -0.2) is 21.4 Å². The Balaban J connectivity index is 1.29. The lowest BCUT2D eigenvalue weighted by Gasteiger charge is -2.19. The highest BCUT2D eigenvalue weighted by Crippen LogP contribution is 2.37. The fraction of sp³-hybridized carbons (Fsp3) is 0. The van der Waals surface area contributed by atoms with E-state index in [1.54, 1.807) is 0 Å². The topological polar surface area (TPSA) is 50.5 Å². The lowest BCUT2D eigenvalue weighted by atomic mass is 9.95. The minimum absolute atomic E-state index is 0.780. The van der Waals surface area contributed by atoms with E-state index in [1.165, 1.54) is 0 Å². The summed E-state index contributed by atoms with van der Waals surface area (Å²) < 4.78 is 0. The first-order valence-electron chi connectivity index (χ1n) is 16.0. The Bertz CT molecular complexity index is 2340. The normalized spacial score (nSPS) is 12.4. The molecule has 48 heavy (non-hydrogen) atoms. The third-order valence-electron chi connectivity index (χ3n) is 8.93. The number of pyridine rings is 2. The summed E-state index contributed by atoms with van der Waals surface area (Å²) >= 11 is 0. The van der Waals surface area contributed by atoms with E-state index in [0.717, 1.165) is 89.1 Å². The molecule has 8 aromatic rings. The molecule has 6 aromatic carbocycles. The second kappa shape index (κ2) is 11.7. The Hall–Kier alpha value is -6.52. The van der Waals surface area contributed by atoms with Crippen molar-refractivity contribution in [3.63, 3.8) is 0 Å². The van der Waals surface area contributed by atoms with E-state index in [1.807, 2.05) is 48.8 Å². The molecule has 0 amide bonds. The molecule has 224 valence electrons. The van der Waals surface area contributed by atoms with Crippen molar-refractivity contribution in [2.24, 2.45) is 9.98 Å². The molecule has 0 unspecified atom stereocenters. The maximum absolute atomic E-state index is 5.46. The van der Waals surface area contributed by atoms with E-state index in [4.69, 9.17) is 20.0 Å². The summed E-state index contributed by atoms with van der Waals surface area (Å²) in [6, 6.07) is 54.5. The van der Waals surface area contributed by atoms with Gasteiger partial charge < -0.3 is 0 Å². The van der Waals surface area contributed by atoms with Crippen LogP contribution in [0.1, 0.15) is 22.5 Å². The van der Waals surface area contributed by atoms with E-state index in [2.05, 4.69) is 121 Å². The van der Waals surface area contributed by atoms with E-state index in [9.17, 15) is 0 Å². The molecule has 0 saturated heterocycles. The molecule has 0 bridgehead atoms. The highest BCUT2D eigenvalue weighted by Gasteiger charge is 2.23. The average Bonchev–Trinajstić information content (AvgIpc) is 3.16. The fourth-order valence-corrected chi connectivity index (χ4v) is 6.44. The van der Waals surface area contributed by atoms with Crippen molar-refractivity contribution in [1.82, 2.24) is 9.97 Å². The molecule has 2 aromatic heterocycles. The quantitative estimate of drug-likeness (QED) is 0.199. The number of hydrogen-bond donors (Lipinski definition) is 0. The molecule has 1 aliphatic heterocycles. The molecule has 9 rings (SSSR count). The van der Waals surface area contributed by atoms with Crippen molar-refractivity contribution in [3.05, 3.63) is 193 Å². The van der Waals surface area contributed by atoms with Crippen LogP contribution in [0.15, 0.2) is 180 Å². The predicted octanol–water partition coefficient (Wildman–Crippen LogP) is 10.8. The van der Waals surface area contributed by atoms with Crippen LogP contribution in [0, 0.1) is 0 Å². The van der Waals surface area contributed by atoms with Crippen molar-refractivity contribution in [2.45, 2.75) is 0 Å². The van der Waals surface area contributed by atoms with E-state index in [-0.39, 0.29) is 0 Å². The molecule has 0 aliphatic carbocycles. The van der Waals surface area contributed by atoms with Gasteiger partial charge in [-0.15, -0.1) is 0 Å². The largest absolute Gasteiger partial charge is 0.254 e. The Morgan fingerprint density at radius 3 is 1.06 bits per heavy atom. The summed E-state index contributed by atoms with van der Waals surface area (Å²) in [5.41, 5.74) is 11.0. The zero-order valence-corrected chi connectivity index (χ0v) is 26.0. The molecule has 0 spiro atoms. The van der Waals surface area contributed by atoms with Crippen molar-refractivity contribution in [1.29, 1.82) is 0 Å². The number of aromatic nitrogens is 2. The first kappa shape index (κ1) is 27.8. The second-order valence-corrected chi connectivity index (χ2v) is 12.0. The first-order valence-corrected chi connectivity index (χ1v) is 16.0. The number of nitrogens with zero attached hydrogens (tertiary/aromatic N) is 4. The van der Waals surface area contributed by atoms with Gasteiger partial charge >= 0.3 is 0 Å². The van der Waals surface area contributed by atoms with Gasteiger partial charge in [-0.3, -0.25) is 9.97 Å². The standard InChI is InChI=1S/C44H28N4/c1-3-11-29(12-4-1)35-19-21-39(45-27-35)43-37-23-31-15-7-9-17-33(31)25-41(37)48-44(38-24-32-16-8-10-18-34(32)26-42(38)47-43)40-22-20-36(28-46-40)30-13-5-2-6-14-30/h1-28H. The summed E-state index contributed by atoms with van der Waals surface area (Å²) in [6.45, 7) is 0. The number of hydrogen-bond acceptors (Lipinski definition) is 4. The van der Waals surface area contributed by atoms with Crippen LogP contribution in [0.4, 0.5) is 11.4 Å². The molecule has 0 atom stereocenters. The molecule has 3 heterocycles. The molecule has 4 nitrogen and oxygen atoms in total. The van der Waals surface area contributed by atoms with Gasteiger partial charge in [-0.1, -0.05) is 121 Å². The summed E-state index contributed by atoms with van der Waals surface area (Å²) in [6.07, 6.45) is 3.86. The zero-order valence-electron chi connectivity index (χ0n) is 26.0. The summed E-state index contributed by atoms with van der Waals surface area (Å²) in [4.78, 5) is 20.9.